The number of carbonyl (C=O) groups is 2. The zero-order valence-electron chi connectivity index (χ0n) is 11.6. The Morgan fingerprint density at radius 1 is 1.21 bits per heavy atom. The predicted molar refractivity (Wildman–Crippen MR) is 69.4 cm³/mol. The lowest BCUT2D eigenvalue weighted by molar-refractivity contribution is -0.140. The van der Waals surface area contributed by atoms with Gasteiger partial charge in [0.15, 0.2) is 0 Å². The molecule has 0 aromatic heterocycles. The molecule has 5 heteroatoms. The minimum Gasteiger partial charge on any atom is -0.481 e. The van der Waals surface area contributed by atoms with Gasteiger partial charge in [-0.3, -0.25) is 9.59 Å². The maximum atomic E-state index is 12.0. The fraction of sp³-hybridized carbons (Fsp3) is 0.857. The van der Waals surface area contributed by atoms with Crippen molar-refractivity contribution in [2.75, 3.05) is 6.54 Å². The Labute approximate surface area is 113 Å². The summed E-state index contributed by atoms with van der Waals surface area (Å²) in [6.07, 6.45) is 3.52. The van der Waals surface area contributed by atoms with E-state index in [1.165, 1.54) is 0 Å². The fourth-order valence-electron chi connectivity index (χ4n) is 3.36. The quantitative estimate of drug-likeness (QED) is 0.711. The molecule has 19 heavy (non-hydrogen) atoms. The van der Waals surface area contributed by atoms with Crippen molar-refractivity contribution in [3.05, 3.63) is 0 Å². The standard InChI is InChI=1S/C14H23NO4/c1-14(2)10(11(14)13(18)19)12(17)15-7-8-5-3-4-6-9(8)16/h8-11,16H,3-7H2,1-2H3,(H,15,17)(H,18,19). The summed E-state index contributed by atoms with van der Waals surface area (Å²) in [6, 6.07) is 0. The van der Waals surface area contributed by atoms with E-state index in [9.17, 15) is 14.7 Å². The van der Waals surface area contributed by atoms with Crippen LogP contribution in [-0.2, 0) is 9.59 Å². The molecule has 0 aliphatic heterocycles. The van der Waals surface area contributed by atoms with E-state index >= 15 is 0 Å². The van der Waals surface area contributed by atoms with Gasteiger partial charge in [-0.2, -0.15) is 0 Å². The van der Waals surface area contributed by atoms with Crippen LogP contribution in [0.15, 0.2) is 0 Å². The van der Waals surface area contributed by atoms with Gasteiger partial charge in [0.1, 0.15) is 0 Å². The molecular formula is C14H23NO4. The number of carboxylic acid groups (broad SMARTS) is 1. The molecule has 2 aliphatic carbocycles. The molecule has 5 nitrogen and oxygen atoms in total. The van der Waals surface area contributed by atoms with E-state index in [1.807, 2.05) is 13.8 Å². The van der Waals surface area contributed by atoms with Gasteiger partial charge in [-0.25, -0.2) is 0 Å². The largest absolute Gasteiger partial charge is 0.481 e. The third-order valence-corrected chi connectivity index (χ3v) is 4.78. The highest BCUT2D eigenvalue weighted by Crippen LogP contribution is 2.58. The van der Waals surface area contributed by atoms with Crippen LogP contribution in [0.25, 0.3) is 0 Å². The van der Waals surface area contributed by atoms with Crippen molar-refractivity contribution >= 4 is 11.9 Å². The number of aliphatic hydroxyl groups is 1. The Bertz CT molecular complexity index is 380. The molecule has 0 aromatic rings. The smallest absolute Gasteiger partial charge is 0.307 e. The zero-order chi connectivity index (χ0) is 14.2. The summed E-state index contributed by atoms with van der Waals surface area (Å²) in [5.41, 5.74) is -0.457. The number of carbonyl (C=O) groups excluding carboxylic acids is 1. The first-order valence-corrected chi connectivity index (χ1v) is 7.04. The lowest BCUT2D eigenvalue weighted by Gasteiger charge is -2.27. The Morgan fingerprint density at radius 3 is 2.37 bits per heavy atom. The van der Waals surface area contributed by atoms with Gasteiger partial charge in [-0.05, 0) is 18.3 Å². The van der Waals surface area contributed by atoms with Crippen LogP contribution in [0.4, 0.5) is 0 Å². The van der Waals surface area contributed by atoms with Gasteiger partial charge in [0.05, 0.1) is 17.9 Å². The van der Waals surface area contributed by atoms with Crippen LogP contribution in [0.2, 0.25) is 0 Å². The number of aliphatic carboxylic acids is 1. The lowest BCUT2D eigenvalue weighted by atomic mass is 9.86. The van der Waals surface area contributed by atoms with Crippen LogP contribution in [0.5, 0.6) is 0 Å². The molecule has 2 saturated carbocycles. The second-order valence-electron chi connectivity index (χ2n) is 6.47. The van der Waals surface area contributed by atoms with E-state index in [0.717, 1.165) is 25.7 Å². The number of hydrogen-bond acceptors (Lipinski definition) is 3. The molecule has 0 saturated heterocycles. The summed E-state index contributed by atoms with van der Waals surface area (Å²) < 4.78 is 0. The second kappa shape index (κ2) is 5.12. The third kappa shape index (κ3) is 2.76. The third-order valence-electron chi connectivity index (χ3n) is 4.78. The van der Waals surface area contributed by atoms with E-state index in [0.29, 0.717) is 6.54 Å². The van der Waals surface area contributed by atoms with E-state index in [2.05, 4.69) is 5.32 Å². The molecular weight excluding hydrogens is 246 g/mol. The van der Waals surface area contributed by atoms with Crippen molar-refractivity contribution in [2.45, 2.75) is 45.6 Å². The number of aliphatic hydroxyl groups excluding tert-OH is 1. The lowest BCUT2D eigenvalue weighted by Crippen LogP contribution is -2.38. The molecule has 0 radical (unpaired) electrons. The number of rotatable bonds is 4. The highest BCUT2D eigenvalue weighted by molar-refractivity contribution is 5.91. The Hall–Kier alpha value is -1.10. The van der Waals surface area contributed by atoms with Gasteiger partial charge in [-0.15, -0.1) is 0 Å². The highest BCUT2D eigenvalue weighted by atomic mass is 16.4. The molecule has 2 fully saturated rings. The van der Waals surface area contributed by atoms with Crippen molar-refractivity contribution < 1.29 is 19.8 Å². The van der Waals surface area contributed by atoms with Gasteiger partial charge in [0, 0.05) is 12.5 Å². The van der Waals surface area contributed by atoms with E-state index < -0.39 is 23.2 Å². The number of hydrogen-bond donors (Lipinski definition) is 3. The van der Waals surface area contributed by atoms with Gasteiger partial charge in [0.2, 0.25) is 5.91 Å². The number of carboxylic acids is 1. The molecule has 3 N–H and O–H groups in total. The topological polar surface area (TPSA) is 86.6 Å². The summed E-state index contributed by atoms with van der Waals surface area (Å²) in [6.45, 7) is 4.08. The van der Waals surface area contributed by atoms with Crippen molar-refractivity contribution in [3.8, 4) is 0 Å². The molecule has 0 heterocycles. The summed E-state index contributed by atoms with van der Waals surface area (Å²) in [5, 5.41) is 21.7. The first-order chi connectivity index (χ1) is 8.85. The van der Waals surface area contributed by atoms with Crippen LogP contribution < -0.4 is 5.32 Å². The van der Waals surface area contributed by atoms with Crippen LogP contribution in [-0.4, -0.2) is 34.7 Å². The Kier molecular flexibility index (Phi) is 3.85. The van der Waals surface area contributed by atoms with Crippen LogP contribution >= 0.6 is 0 Å². The molecule has 2 aliphatic rings. The highest BCUT2D eigenvalue weighted by Gasteiger charge is 2.65. The minimum atomic E-state index is -0.900. The summed E-state index contributed by atoms with van der Waals surface area (Å²) in [7, 11) is 0. The molecule has 1 amide bonds. The SMILES string of the molecule is CC1(C)C(C(=O)O)C1C(=O)NCC1CCCCC1O. The second-order valence-corrected chi connectivity index (χ2v) is 6.47. The average Bonchev–Trinajstić information content (AvgIpc) is 2.91. The molecule has 2 rings (SSSR count). The van der Waals surface area contributed by atoms with Crippen molar-refractivity contribution in [3.63, 3.8) is 0 Å². The van der Waals surface area contributed by atoms with Crippen LogP contribution in [0.1, 0.15) is 39.5 Å². The molecule has 108 valence electrons. The van der Waals surface area contributed by atoms with Gasteiger partial charge < -0.3 is 15.5 Å². The Balaban J connectivity index is 1.84. The predicted octanol–water partition coefficient (Wildman–Crippen LogP) is 1.01. The maximum Gasteiger partial charge on any atom is 0.307 e. The van der Waals surface area contributed by atoms with Crippen molar-refractivity contribution in [1.29, 1.82) is 0 Å². The summed E-state index contributed by atoms with van der Waals surface area (Å²) in [5.74, 6) is -1.99. The van der Waals surface area contributed by atoms with E-state index in [1.54, 1.807) is 0 Å². The molecule has 4 unspecified atom stereocenters. The van der Waals surface area contributed by atoms with E-state index in [-0.39, 0.29) is 17.9 Å². The average molecular weight is 269 g/mol. The normalized spacial score (nSPS) is 36.6. The molecule has 0 aromatic carbocycles. The fourth-order valence-corrected chi connectivity index (χ4v) is 3.36. The first kappa shape index (κ1) is 14.3. The number of amides is 1. The molecule has 0 spiro atoms. The van der Waals surface area contributed by atoms with Crippen molar-refractivity contribution in [1.82, 2.24) is 5.32 Å². The van der Waals surface area contributed by atoms with Gasteiger partial charge >= 0.3 is 5.97 Å². The zero-order valence-corrected chi connectivity index (χ0v) is 11.6. The van der Waals surface area contributed by atoms with Crippen LogP contribution in [0.3, 0.4) is 0 Å². The minimum absolute atomic E-state index is 0.114. The summed E-state index contributed by atoms with van der Waals surface area (Å²) in [4.78, 5) is 23.1. The Morgan fingerprint density at radius 2 is 1.84 bits per heavy atom. The van der Waals surface area contributed by atoms with Crippen molar-refractivity contribution in [2.24, 2.45) is 23.2 Å². The first-order valence-electron chi connectivity index (χ1n) is 7.04. The number of nitrogens with one attached hydrogen (secondary N) is 1. The van der Waals surface area contributed by atoms with Gasteiger partial charge in [0.25, 0.3) is 0 Å². The monoisotopic (exact) mass is 269 g/mol. The van der Waals surface area contributed by atoms with Gasteiger partial charge in [-0.1, -0.05) is 26.7 Å². The van der Waals surface area contributed by atoms with E-state index in [4.69, 9.17) is 5.11 Å². The summed E-state index contributed by atoms with van der Waals surface area (Å²) >= 11 is 0. The van der Waals surface area contributed by atoms with Crippen LogP contribution in [0, 0.1) is 23.2 Å². The molecule has 0 bridgehead atoms. The molecule has 4 atom stereocenters. The maximum absolute atomic E-state index is 12.0.